The van der Waals surface area contributed by atoms with Crippen LogP contribution in [0.5, 0.6) is 11.5 Å². The van der Waals surface area contributed by atoms with Gasteiger partial charge in [-0.25, -0.2) is 4.79 Å². The van der Waals surface area contributed by atoms with Crippen molar-refractivity contribution in [3.63, 3.8) is 0 Å². The van der Waals surface area contributed by atoms with Crippen LogP contribution in [0.4, 0.5) is 0 Å². The van der Waals surface area contributed by atoms with Crippen LogP contribution in [0.25, 0.3) is 11.0 Å². The molecule has 1 unspecified atom stereocenters. The van der Waals surface area contributed by atoms with Gasteiger partial charge in [0.2, 0.25) is 11.7 Å². The van der Waals surface area contributed by atoms with Crippen LogP contribution in [-0.2, 0) is 27.2 Å². The second-order valence-corrected chi connectivity index (χ2v) is 8.34. The second kappa shape index (κ2) is 9.51. The molecular weight excluding hydrogens is 438 g/mol. The van der Waals surface area contributed by atoms with E-state index in [1.54, 1.807) is 13.0 Å². The van der Waals surface area contributed by atoms with Gasteiger partial charge in [0.1, 0.15) is 0 Å². The number of fused-ring (bicyclic) bond motifs is 2. The van der Waals surface area contributed by atoms with Crippen molar-refractivity contribution in [1.29, 1.82) is 0 Å². The van der Waals surface area contributed by atoms with E-state index in [-0.39, 0.29) is 41.0 Å². The van der Waals surface area contributed by atoms with E-state index in [9.17, 15) is 19.2 Å². The number of carbonyl (C=O) groups excluding carboxylic acids is 3. The van der Waals surface area contributed by atoms with Crippen LogP contribution in [0.15, 0.2) is 45.6 Å². The summed E-state index contributed by atoms with van der Waals surface area (Å²) in [4.78, 5) is 48.8. The highest BCUT2D eigenvalue weighted by atomic mass is 16.6. The lowest BCUT2D eigenvalue weighted by Crippen LogP contribution is -2.33. The van der Waals surface area contributed by atoms with Crippen molar-refractivity contribution in [1.82, 2.24) is 5.32 Å². The molecule has 2 aromatic carbocycles. The predicted molar refractivity (Wildman–Crippen MR) is 124 cm³/mol. The highest BCUT2D eigenvalue weighted by Gasteiger charge is 2.24. The van der Waals surface area contributed by atoms with E-state index in [0.29, 0.717) is 10.9 Å². The Hall–Kier alpha value is -3.94. The zero-order valence-electron chi connectivity index (χ0n) is 19.2. The average Bonchev–Trinajstić information content (AvgIpc) is 2.78. The number of hydrogen-bond acceptors (Lipinski definition) is 7. The molecule has 1 aliphatic rings. The fraction of sp³-hybridized carbons (Fsp3) is 0.308. The molecule has 0 aliphatic heterocycles. The minimum Gasteiger partial charge on any atom is -0.423 e. The molecule has 1 amide bonds. The maximum atomic E-state index is 12.9. The van der Waals surface area contributed by atoms with E-state index in [4.69, 9.17) is 13.9 Å². The first-order valence-electron chi connectivity index (χ1n) is 11.1. The van der Waals surface area contributed by atoms with E-state index in [0.717, 1.165) is 24.8 Å². The maximum absolute atomic E-state index is 12.9. The van der Waals surface area contributed by atoms with Crippen molar-refractivity contribution in [3.05, 3.63) is 69.1 Å². The molecule has 1 aliphatic carbocycles. The molecule has 8 heteroatoms. The standard InChI is InChI=1S/C26H25NO7/c1-14-18-11-12-22(32-15(2)28)25(33-16(3)29)24(18)34-26(31)20(14)13-23(30)27-21-10-6-8-17-7-4-5-9-19(17)21/h4-5,7,9,11-12,21H,6,8,10,13H2,1-3H3,(H,27,30). The summed E-state index contributed by atoms with van der Waals surface area (Å²) in [6, 6.07) is 11.0. The molecule has 3 aromatic rings. The van der Waals surface area contributed by atoms with Crippen LogP contribution in [0.1, 0.15) is 55.0 Å². The van der Waals surface area contributed by atoms with Crippen LogP contribution in [-0.4, -0.2) is 17.8 Å². The van der Waals surface area contributed by atoms with Gasteiger partial charge in [-0.2, -0.15) is 0 Å². The zero-order chi connectivity index (χ0) is 24.4. The van der Waals surface area contributed by atoms with Crippen LogP contribution in [0, 0.1) is 6.92 Å². The van der Waals surface area contributed by atoms with Gasteiger partial charge in [-0.15, -0.1) is 0 Å². The summed E-state index contributed by atoms with van der Waals surface area (Å²) in [5.41, 5.74) is 2.31. The number of hydrogen-bond donors (Lipinski definition) is 1. The zero-order valence-corrected chi connectivity index (χ0v) is 19.2. The van der Waals surface area contributed by atoms with Gasteiger partial charge in [0.25, 0.3) is 0 Å². The van der Waals surface area contributed by atoms with Crippen molar-refractivity contribution < 1.29 is 28.3 Å². The SMILES string of the molecule is CC(=O)Oc1ccc2c(C)c(CC(=O)NC3CCCc4ccccc43)c(=O)oc2c1OC(C)=O. The van der Waals surface area contributed by atoms with Gasteiger partial charge in [-0.1, -0.05) is 24.3 Å². The number of aryl methyl sites for hydroxylation is 2. The Morgan fingerprint density at radius 3 is 2.53 bits per heavy atom. The number of carbonyl (C=O) groups is 3. The van der Waals surface area contributed by atoms with Gasteiger partial charge in [0, 0.05) is 19.2 Å². The monoisotopic (exact) mass is 463 g/mol. The Morgan fingerprint density at radius 2 is 1.79 bits per heavy atom. The van der Waals surface area contributed by atoms with E-state index in [1.807, 2.05) is 18.2 Å². The van der Waals surface area contributed by atoms with Crippen molar-refractivity contribution in [3.8, 4) is 11.5 Å². The summed E-state index contributed by atoms with van der Waals surface area (Å²) in [7, 11) is 0. The van der Waals surface area contributed by atoms with Crippen molar-refractivity contribution in [2.75, 3.05) is 0 Å². The molecule has 1 heterocycles. The molecule has 176 valence electrons. The number of rotatable bonds is 5. The molecule has 0 spiro atoms. The number of esters is 2. The number of benzene rings is 2. The molecule has 0 saturated carbocycles. The fourth-order valence-electron chi connectivity index (χ4n) is 4.40. The molecule has 0 radical (unpaired) electrons. The van der Waals surface area contributed by atoms with Gasteiger partial charge in [0.15, 0.2) is 11.3 Å². The molecule has 0 saturated heterocycles. The Kier molecular flexibility index (Phi) is 6.49. The molecule has 34 heavy (non-hydrogen) atoms. The van der Waals surface area contributed by atoms with Gasteiger partial charge < -0.3 is 19.2 Å². The molecule has 1 N–H and O–H groups in total. The van der Waals surface area contributed by atoms with Gasteiger partial charge in [-0.05, 0) is 55.0 Å². The van der Waals surface area contributed by atoms with Crippen LogP contribution in [0.3, 0.4) is 0 Å². The Morgan fingerprint density at radius 1 is 1.06 bits per heavy atom. The normalized spacial score (nSPS) is 14.9. The van der Waals surface area contributed by atoms with Crippen LogP contribution >= 0.6 is 0 Å². The van der Waals surface area contributed by atoms with Crippen molar-refractivity contribution in [2.24, 2.45) is 0 Å². The molecule has 8 nitrogen and oxygen atoms in total. The highest BCUT2D eigenvalue weighted by Crippen LogP contribution is 2.37. The summed E-state index contributed by atoms with van der Waals surface area (Å²) in [5.74, 6) is -1.77. The van der Waals surface area contributed by atoms with Gasteiger partial charge in [0.05, 0.1) is 18.0 Å². The summed E-state index contributed by atoms with van der Waals surface area (Å²) in [6.07, 6.45) is 2.63. The lowest BCUT2D eigenvalue weighted by molar-refractivity contribution is -0.134. The quantitative estimate of drug-likeness (QED) is 0.349. The molecule has 4 rings (SSSR count). The lowest BCUT2D eigenvalue weighted by atomic mass is 9.87. The van der Waals surface area contributed by atoms with E-state index < -0.39 is 17.6 Å². The topological polar surface area (TPSA) is 112 Å². The summed E-state index contributed by atoms with van der Waals surface area (Å²) in [5, 5.41) is 3.52. The number of ether oxygens (including phenoxy) is 2. The molecule has 0 fully saturated rings. The third-order valence-corrected chi connectivity index (χ3v) is 5.92. The molecule has 1 aromatic heterocycles. The van der Waals surface area contributed by atoms with Crippen molar-refractivity contribution in [2.45, 2.75) is 52.5 Å². The fourth-order valence-corrected chi connectivity index (χ4v) is 4.40. The third-order valence-electron chi connectivity index (χ3n) is 5.92. The number of amides is 1. The summed E-state index contributed by atoms with van der Waals surface area (Å²) in [6.45, 7) is 4.08. The minimum atomic E-state index is -0.724. The predicted octanol–water partition coefficient (Wildman–Crippen LogP) is 3.69. The Labute approximate surface area is 195 Å². The maximum Gasteiger partial charge on any atom is 0.340 e. The lowest BCUT2D eigenvalue weighted by Gasteiger charge is -2.26. The van der Waals surface area contributed by atoms with E-state index in [1.165, 1.54) is 25.5 Å². The molecular formula is C26H25NO7. The first-order valence-corrected chi connectivity index (χ1v) is 11.1. The van der Waals surface area contributed by atoms with Gasteiger partial charge in [-0.3, -0.25) is 14.4 Å². The smallest absolute Gasteiger partial charge is 0.340 e. The van der Waals surface area contributed by atoms with E-state index >= 15 is 0 Å². The summed E-state index contributed by atoms with van der Waals surface area (Å²) < 4.78 is 15.8. The number of nitrogens with one attached hydrogen (secondary N) is 1. The van der Waals surface area contributed by atoms with Gasteiger partial charge >= 0.3 is 17.6 Å². The van der Waals surface area contributed by atoms with Crippen molar-refractivity contribution >= 4 is 28.8 Å². The average molecular weight is 463 g/mol. The van der Waals surface area contributed by atoms with Crippen LogP contribution in [0.2, 0.25) is 0 Å². The van der Waals surface area contributed by atoms with E-state index in [2.05, 4.69) is 11.4 Å². The minimum absolute atomic E-state index is 0.0261. The van der Waals surface area contributed by atoms with Crippen LogP contribution < -0.4 is 20.4 Å². The second-order valence-electron chi connectivity index (χ2n) is 8.34. The first-order chi connectivity index (χ1) is 16.2. The summed E-state index contributed by atoms with van der Waals surface area (Å²) >= 11 is 0. The Balaban J connectivity index is 1.66. The Bertz CT molecular complexity index is 1360. The highest BCUT2D eigenvalue weighted by molar-refractivity contribution is 5.92. The molecule has 1 atom stereocenters. The molecule has 0 bridgehead atoms. The first kappa shape index (κ1) is 23.2. The largest absolute Gasteiger partial charge is 0.423 e. The third kappa shape index (κ3) is 4.71.